The molecule has 2 nitrogen and oxygen atoms in total. The van der Waals surface area contributed by atoms with E-state index in [2.05, 4.69) is 45.3 Å². The predicted octanol–water partition coefficient (Wildman–Crippen LogP) is 4.70. The van der Waals surface area contributed by atoms with Gasteiger partial charge in [0.1, 0.15) is 11.5 Å². The van der Waals surface area contributed by atoms with E-state index in [1.807, 2.05) is 6.92 Å². The van der Waals surface area contributed by atoms with Gasteiger partial charge in [-0.25, -0.2) is 0 Å². The first-order valence-electron chi connectivity index (χ1n) is 7.65. The van der Waals surface area contributed by atoms with Crippen LogP contribution in [0.5, 0.6) is 0 Å². The number of aryl methyl sites for hydroxylation is 1. The van der Waals surface area contributed by atoms with Crippen molar-refractivity contribution in [2.24, 2.45) is 17.3 Å². The smallest absolute Gasteiger partial charge is 0.121 e. The Morgan fingerprint density at radius 1 is 1.16 bits per heavy atom. The summed E-state index contributed by atoms with van der Waals surface area (Å²) in [5.41, 5.74) is 0.460. The number of nitrogens with one attached hydrogen (secondary N) is 1. The predicted molar refractivity (Wildman–Crippen MR) is 80.1 cm³/mol. The van der Waals surface area contributed by atoms with Gasteiger partial charge in [-0.1, -0.05) is 20.8 Å². The van der Waals surface area contributed by atoms with Crippen LogP contribution in [0.4, 0.5) is 0 Å². The standard InChI is InChI=1S/C17H29NO/c1-12-6-11-15(19-12)16(18-5)13-7-9-14(10-8-13)17(2,3)4/h6,11,13-14,16,18H,7-10H2,1-5H3. The highest BCUT2D eigenvalue weighted by Crippen LogP contribution is 2.43. The Bertz CT molecular complexity index is 394. The van der Waals surface area contributed by atoms with Crippen LogP contribution in [0, 0.1) is 24.2 Å². The molecule has 1 unspecified atom stereocenters. The molecule has 0 spiro atoms. The van der Waals surface area contributed by atoms with Gasteiger partial charge < -0.3 is 9.73 Å². The minimum atomic E-state index is 0.384. The summed E-state index contributed by atoms with van der Waals surface area (Å²) in [4.78, 5) is 0. The van der Waals surface area contributed by atoms with Gasteiger partial charge in [0, 0.05) is 0 Å². The van der Waals surface area contributed by atoms with Crippen LogP contribution in [0.25, 0.3) is 0 Å². The van der Waals surface area contributed by atoms with Crippen LogP contribution in [-0.4, -0.2) is 7.05 Å². The molecule has 1 aliphatic rings. The Hall–Kier alpha value is -0.760. The average Bonchev–Trinajstić information content (AvgIpc) is 2.76. The van der Waals surface area contributed by atoms with Crippen molar-refractivity contribution < 1.29 is 4.42 Å². The zero-order valence-corrected chi connectivity index (χ0v) is 13.1. The van der Waals surface area contributed by atoms with E-state index in [1.54, 1.807) is 0 Å². The van der Waals surface area contributed by atoms with Gasteiger partial charge in [0.2, 0.25) is 0 Å². The van der Waals surface area contributed by atoms with Crippen LogP contribution in [0.1, 0.15) is 64.0 Å². The third-order valence-corrected chi connectivity index (χ3v) is 4.85. The van der Waals surface area contributed by atoms with Gasteiger partial charge in [-0.15, -0.1) is 0 Å². The summed E-state index contributed by atoms with van der Waals surface area (Å²) < 4.78 is 5.82. The van der Waals surface area contributed by atoms with Gasteiger partial charge in [0.25, 0.3) is 0 Å². The lowest BCUT2D eigenvalue weighted by Crippen LogP contribution is -2.32. The van der Waals surface area contributed by atoms with E-state index < -0.39 is 0 Å². The first-order chi connectivity index (χ1) is 8.91. The van der Waals surface area contributed by atoms with E-state index in [0.717, 1.165) is 17.4 Å². The van der Waals surface area contributed by atoms with Gasteiger partial charge in [-0.2, -0.15) is 0 Å². The van der Waals surface area contributed by atoms with E-state index in [1.165, 1.54) is 25.7 Å². The molecule has 1 saturated carbocycles. The highest BCUT2D eigenvalue weighted by molar-refractivity contribution is 5.11. The fraction of sp³-hybridized carbons (Fsp3) is 0.765. The molecule has 1 heterocycles. The minimum Gasteiger partial charge on any atom is -0.465 e. The largest absolute Gasteiger partial charge is 0.465 e. The Morgan fingerprint density at radius 3 is 2.21 bits per heavy atom. The highest BCUT2D eigenvalue weighted by atomic mass is 16.3. The fourth-order valence-electron chi connectivity index (χ4n) is 3.55. The van der Waals surface area contributed by atoms with Gasteiger partial charge in [-0.3, -0.25) is 0 Å². The molecule has 2 heteroatoms. The second-order valence-electron chi connectivity index (χ2n) is 7.19. The third kappa shape index (κ3) is 3.42. The van der Waals surface area contributed by atoms with Crippen molar-refractivity contribution in [3.05, 3.63) is 23.7 Å². The van der Waals surface area contributed by atoms with E-state index in [9.17, 15) is 0 Å². The molecule has 2 rings (SSSR count). The van der Waals surface area contributed by atoms with Crippen LogP contribution < -0.4 is 5.32 Å². The van der Waals surface area contributed by atoms with Crippen molar-refractivity contribution in [1.29, 1.82) is 0 Å². The molecule has 1 aliphatic carbocycles. The van der Waals surface area contributed by atoms with Gasteiger partial charge in [0.05, 0.1) is 6.04 Å². The zero-order valence-electron chi connectivity index (χ0n) is 13.1. The Labute approximate surface area is 118 Å². The van der Waals surface area contributed by atoms with Crippen molar-refractivity contribution >= 4 is 0 Å². The molecule has 1 fully saturated rings. The van der Waals surface area contributed by atoms with E-state index in [4.69, 9.17) is 4.42 Å². The summed E-state index contributed by atoms with van der Waals surface area (Å²) in [5.74, 6) is 3.71. The topological polar surface area (TPSA) is 25.2 Å². The molecule has 0 radical (unpaired) electrons. The van der Waals surface area contributed by atoms with Gasteiger partial charge in [-0.05, 0) is 69.0 Å². The molecule has 108 valence electrons. The average molecular weight is 263 g/mol. The summed E-state index contributed by atoms with van der Waals surface area (Å²) in [5, 5.41) is 3.46. The summed E-state index contributed by atoms with van der Waals surface area (Å²) in [6, 6.07) is 4.59. The molecule has 1 aromatic heterocycles. The molecule has 0 aliphatic heterocycles. The van der Waals surface area contributed by atoms with Crippen LogP contribution in [0.3, 0.4) is 0 Å². The lowest BCUT2D eigenvalue weighted by molar-refractivity contribution is 0.129. The highest BCUT2D eigenvalue weighted by Gasteiger charge is 2.33. The number of furan rings is 1. The monoisotopic (exact) mass is 263 g/mol. The first kappa shape index (κ1) is 14.6. The van der Waals surface area contributed by atoms with Crippen molar-refractivity contribution in [1.82, 2.24) is 5.32 Å². The molecule has 1 aromatic rings. The minimum absolute atomic E-state index is 0.384. The molecule has 0 bridgehead atoms. The van der Waals surface area contributed by atoms with Crippen molar-refractivity contribution in [2.75, 3.05) is 7.05 Å². The van der Waals surface area contributed by atoms with E-state index >= 15 is 0 Å². The normalized spacial score (nSPS) is 26.4. The van der Waals surface area contributed by atoms with E-state index in [0.29, 0.717) is 17.4 Å². The van der Waals surface area contributed by atoms with Crippen molar-refractivity contribution in [3.8, 4) is 0 Å². The molecule has 19 heavy (non-hydrogen) atoms. The van der Waals surface area contributed by atoms with Crippen LogP contribution in [-0.2, 0) is 0 Å². The number of rotatable bonds is 3. The summed E-state index contributed by atoms with van der Waals surface area (Å²) in [6.07, 6.45) is 5.33. The lowest BCUT2D eigenvalue weighted by Gasteiger charge is -2.39. The molecular weight excluding hydrogens is 234 g/mol. The Kier molecular flexibility index (Phi) is 4.39. The maximum Gasteiger partial charge on any atom is 0.121 e. The van der Waals surface area contributed by atoms with Crippen molar-refractivity contribution in [2.45, 2.75) is 59.4 Å². The zero-order chi connectivity index (χ0) is 14.0. The molecule has 1 atom stereocenters. The number of hydrogen-bond acceptors (Lipinski definition) is 2. The van der Waals surface area contributed by atoms with Crippen molar-refractivity contribution in [3.63, 3.8) is 0 Å². The van der Waals surface area contributed by atoms with Gasteiger partial charge >= 0.3 is 0 Å². The molecule has 1 N–H and O–H groups in total. The summed E-state index contributed by atoms with van der Waals surface area (Å²) in [6.45, 7) is 9.16. The molecule has 0 amide bonds. The number of hydrogen-bond donors (Lipinski definition) is 1. The second-order valence-corrected chi connectivity index (χ2v) is 7.19. The van der Waals surface area contributed by atoms with Crippen LogP contribution in [0.2, 0.25) is 0 Å². The van der Waals surface area contributed by atoms with E-state index in [-0.39, 0.29) is 0 Å². The molecule has 0 saturated heterocycles. The molecular formula is C17H29NO. The fourth-order valence-corrected chi connectivity index (χ4v) is 3.55. The summed E-state index contributed by atoms with van der Waals surface area (Å²) >= 11 is 0. The van der Waals surface area contributed by atoms with Gasteiger partial charge in [0.15, 0.2) is 0 Å². The third-order valence-electron chi connectivity index (χ3n) is 4.85. The van der Waals surface area contributed by atoms with Crippen LogP contribution in [0.15, 0.2) is 16.5 Å². The second kappa shape index (κ2) is 5.70. The Balaban J connectivity index is 1.99. The lowest BCUT2D eigenvalue weighted by atomic mass is 9.68. The SMILES string of the molecule is CNC(c1ccc(C)o1)C1CCC(C(C)(C)C)CC1. The Morgan fingerprint density at radius 2 is 1.79 bits per heavy atom. The summed E-state index contributed by atoms with van der Waals surface area (Å²) in [7, 11) is 2.05. The quantitative estimate of drug-likeness (QED) is 0.855. The first-order valence-corrected chi connectivity index (χ1v) is 7.65. The molecule has 0 aromatic carbocycles. The maximum absolute atomic E-state index is 5.82. The maximum atomic E-state index is 5.82. The van der Waals surface area contributed by atoms with Crippen LogP contribution >= 0.6 is 0 Å².